The molecule has 2 atom stereocenters. The van der Waals surface area contributed by atoms with Gasteiger partial charge in [0.25, 0.3) is 0 Å². The molecule has 6 nitrogen and oxygen atoms in total. The first-order valence-corrected chi connectivity index (χ1v) is 9.05. The number of rotatable bonds is 9. The molecule has 1 saturated heterocycles. The van der Waals surface area contributed by atoms with E-state index < -0.39 is 0 Å². The van der Waals surface area contributed by atoms with Crippen LogP contribution in [0.3, 0.4) is 0 Å². The summed E-state index contributed by atoms with van der Waals surface area (Å²) in [4.78, 5) is 14.7. The molecule has 1 amide bonds. The molecule has 0 bridgehead atoms. The average Bonchev–Trinajstić information content (AvgIpc) is 2.67. The maximum atomic E-state index is 12.2. The highest BCUT2D eigenvalue weighted by molar-refractivity contribution is 5.85. The number of nitrogens with zero attached hydrogens (tertiary/aromatic N) is 1. The lowest BCUT2D eigenvalue weighted by molar-refractivity contribution is -0.123. The Bertz CT molecular complexity index is 521. The molecule has 0 aliphatic carbocycles. The van der Waals surface area contributed by atoms with Gasteiger partial charge in [0.05, 0.1) is 25.7 Å². The third kappa shape index (κ3) is 8.23. The van der Waals surface area contributed by atoms with Crippen molar-refractivity contribution in [3.05, 3.63) is 29.8 Å². The van der Waals surface area contributed by atoms with Gasteiger partial charge in [-0.1, -0.05) is 18.6 Å². The van der Waals surface area contributed by atoms with Crippen LogP contribution >= 0.6 is 24.8 Å². The Morgan fingerprint density at radius 1 is 1.15 bits per heavy atom. The van der Waals surface area contributed by atoms with Gasteiger partial charge in [0, 0.05) is 20.2 Å². The molecule has 1 aliphatic rings. The minimum Gasteiger partial charge on any atom is -0.497 e. The summed E-state index contributed by atoms with van der Waals surface area (Å²) in [7, 11) is 3.25. The largest absolute Gasteiger partial charge is 0.497 e. The SMILES string of the molecule is COc1ccc(C(CNC(=O)CC(CN)OC)N2CCCCC2)cc1.Cl.Cl. The van der Waals surface area contributed by atoms with Gasteiger partial charge in [-0.25, -0.2) is 0 Å². The monoisotopic (exact) mass is 421 g/mol. The lowest BCUT2D eigenvalue weighted by Gasteiger charge is -2.35. The minimum absolute atomic E-state index is 0. The molecule has 2 rings (SSSR count). The van der Waals surface area contributed by atoms with Gasteiger partial charge in [0.2, 0.25) is 5.91 Å². The molecule has 1 fully saturated rings. The van der Waals surface area contributed by atoms with Crippen molar-refractivity contribution in [1.82, 2.24) is 10.2 Å². The summed E-state index contributed by atoms with van der Waals surface area (Å²) in [5.41, 5.74) is 6.80. The van der Waals surface area contributed by atoms with Gasteiger partial charge in [-0.3, -0.25) is 9.69 Å². The third-order valence-corrected chi connectivity index (χ3v) is 4.83. The number of nitrogens with two attached hydrogens (primary N) is 1. The van der Waals surface area contributed by atoms with E-state index in [1.54, 1.807) is 14.2 Å². The van der Waals surface area contributed by atoms with Crippen LogP contribution in [-0.2, 0) is 9.53 Å². The summed E-state index contributed by atoms with van der Waals surface area (Å²) in [6.07, 6.45) is 3.76. The topological polar surface area (TPSA) is 76.8 Å². The zero-order valence-electron chi connectivity index (χ0n) is 16.2. The lowest BCUT2D eigenvalue weighted by atomic mass is 10.0. The fourth-order valence-electron chi connectivity index (χ4n) is 3.27. The molecule has 156 valence electrons. The first-order chi connectivity index (χ1) is 12.2. The Hall–Kier alpha value is -1.05. The first kappa shape index (κ1) is 26.0. The molecule has 1 heterocycles. The molecule has 2 unspecified atom stereocenters. The van der Waals surface area contributed by atoms with Gasteiger partial charge in [0.1, 0.15) is 5.75 Å². The zero-order valence-corrected chi connectivity index (χ0v) is 17.8. The van der Waals surface area contributed by atoms with Crippen LogP contribution in [-0.4, -0.2) is 57.3 Å². The summed E-state index contributed by atoms with van der Waals surface area (Å²) >= 11 is 0. The first-order valence-electron chi connectivity index (χ1n) is 9.05. The molecular weight excluding hydrogens is 389 g/mol. The van der Waals surface area contributed by atoms with Crippen molar-refractivity contribution in [3.63, 3.8) is 0 Å². The summed E-state index contributed by atoms with van der Waals surface area (Å²) in [6.45, 7) is 3.07. The molecule has 0 aromatic heterocycles. The van der Waals surface area contributed by atoms with Crippen LogP contribution in [0.4, 0.5) is 0 Å². The molecule has 0 spiro atoms. The van der Waals surface area contributed by atoms with Gasteiger partial charge >= 0.3 is 0 Å². The van der Waals surface area contributed by atoms with Crippen molar-refractivity contribution >= 4 is 30.7 Å². The van der Waals surface area contributed by atoms with E-state index in [1.807, 2.05) is 12.1 Å². The van der Waals surface area contributed by atoms with E-state index in [9.17, 15) is 4.79 Å². The van der Waals surface area contributed by atoms with E-state index in [0.29, 0.717) is 19.5 Å². The van der Waals surface area contributed by atoms with Crippen LogP contribution in [0.15, 0.2) is 24.3 Å². The fraction of sp³-hybridized carbons (Fsp3) is 0.632. The molecular formula is C19H33Cl2N3O3. The van der Waals surface area contributed by atoms with E-state index in [4.69, 9.17) is 15.2 Å². The fourth-order valence-corrected chi connectivity index (χ4v) is 3.27. The Balaban J connectivity index is 0.00000338. The Labute approximate surface area is 175 Å². The lowest BCUT2D eigenvalue weighted by Crippen LogP contribution is -2.41. The van der Waals surface area contributed by atoms with Crippen molar-refractivity contribution in [2.75, 3.05) is 40.4 Å². The average molecular weight is 422 g/mol. The van der Waals surface area contributed by atoms with Gasteiger partial charge < -0.3 is 20.5 Å². The Morgan fingerprint density at radius 2 is 1.78 bits per heavy atom. The molecule has 8 heteroatoms. The normalized spacial score (nSPS) is 16.4. The molecule has 0 radical (unpaired) electrons. The smallest absolute Gasteiger partial charge is 0.222 e. The van der Waals surface area contributed by atoms with Crippen LogP contribution in [0, 0.1) is 0 Å². The highest BCUT2D eigenvalue weighted by Gasteiger charge is 2.23. The number of hydrogen-bond donors (Lipinski definition) is 2. The van der Waals surface area contributed by atoms with Gasteiger partial charge in [0.15, 0.2) is 0 Å². The van der Waals surface area contributed by atoms with Crippen LogP contribution in [0.1, 0.15) is 37.3 Å². The number of halogens is 2. The molecule has 3 N–H and O–H groups in total. The quantitative estimate of drug-likeness (QED) is 0.640. The number of carbonyl (C=O) groups excluding carboxylic acids is 1. The molecule has 1 aromatic rings. The Kier molecular flexibility index (Phi) is 13.5. The van der Waals surface area contributed by atoms with Crippen molar-refractivity contribution in [1.29, 1.82) is 0 Å². The standard InChI is InChI=1S/C19H31N3O3.2ClH/c1-24-16-8-6-15(7-9-16)18(22-10-4-3-5-11-22)14-21-19(23)12-17(13-20)25-2;;/h6-9,17-18H,3-5,10-14,20H2,1-2H3,(H,21,23);2*1H. The number of amides is 1. The van der Waals surface area contributed by atoms with Crippen LogP contribution in [0.25, 0.3) is 0 Å². The number of nitrogens with one attached hydrogen (secondary N) is 1. The summed E-state index contributed by atoms with van der Waals surface area (Å²) in [5.74, 6) is 0.823. The number of hydrogen-bond acceptors (Lipinski definition) is 5. The predicted octanol–water partition coefficient (Wildman–Crippen LogP) is 2.55. The number of benzene rings is 1. The van der Waals surface area contributed by atoms with Gasteiger partial charge in [-0.05, 0) is 43.6 Å². The van der Waals surface area contributed by atoms with Crippen LogP contribution < -0.4 is 15.8 Å². The van der Waals surface area contributed by atoms with Crippen molar-refractivity contribution in [2.24, 2.45) is 5.73 Å². The predicted molar refractivity (Wildman–Crippen MR) is 113 cm³/mol. The van der Waals surface area contributed by atoms with E-state index in [0.717, 1.165) is 18.8 Å². The summed E-state index contributed by atoms with van der Waals surface area (Å²) < 4.78 is 10.4. The number of carbonyl (C=O) groups is 1. The summed E-state index contributed by atoms with van der Waals surface area (Å²) in [6, 6.07) is 8.30. The second-order valence-corrected chi connectivity index (χ2v) is 6.49. The highest BCUT2D eigenvalue weighted by Crippen LogP contribution is 2.25. The highest BCUT2D eigenvalue weighted by atomic mass is 35.5. The van der Waals surface area contributed by atoms with E-state index in [2.05, 4.69) is 22.3 Å². The minimum atomic E-state index is -0.227. The second kappa shape index (κ2) is 14.0. The summed E-state index contributed by atoms with van der Waals surface area (Å²) in [5, 5.41) is 3.06. The molecule has 0 saturated carbocycles. The van der Waals surface area contributed by atoms with E-state index >= 15 is 0 Å². The maximum Gasteiger partial charge on any atom is 0.222 e. The third-order valence-electron chi connectivity index (χ3n) is 4.83. The Morgan fingerprint density at radius 3 is 2.30 bits per heavy atom. The maximum absolute atomic E-state index is 12.2. The van der Waals surface area contributed by atoms with Crippen molar-refractivity contribution in [3.8, 4) is 5.75 Å². The van der Waals surface area contributed by atoms with Crippen molar-refractivity contribution in [2.45, 2.75) is 37.8 Å². The van der Waals surface area contributed by atoms with E-state index in [1.165, 1.54) is 24.8 Å². The molecule has 1 aromatic carbocycles. The van der Waals surface area contributed by atoms with E-state index in [-0.39, 0.29) is 42.9 Å². The van der Waals surface area contributed by atoms with Gasteiger partial charge in [-0.2, -0.15) is 0 Å². The number of likely N-dealkylation sites (tertiary alicyclic amines) is 1. The number of piperidine rings is 1. The van der Waals surface area contributed by atoms with Crippen LogP contribution in [0.2, 0.25) is 0 Å². The number of ether oxygens (including phenoxy) is 2. The van der Waals surface area contributed by atoms with Gasteiger partial charge in [-0.15, -0.1) is 24.8 Å². The molecule has 1 aliphatic heterocycles. The number of methoxy groups -OCH3 is 2. The zero-order chi connectivity index (χ0) is 18.1. The van der Waals surface area contributed by atoms with Crippen LogP contribution in [0.5, 0.6) is 5.75 Å². The second-order valence-electron chi connectivity index (χ2n) is 6.49. The van der Waals surface area contributed by atoms with Crippen molar-refractivity contribution < 1.29 is 14.3 Å². The molecule has 27 heavy (non-hydrogen) atoms.